The molecule has 1 aromatic carbocycles. The molecule has 19 heteroatoms. The highest BCUT2D eigenvalue weighted by Crippen LogP contribution is 2.42. The van der Waals surface area contributed by atoms with Gasteiger partial charge < -0.3 is 43.2 Å². The minimum absolute atomic E-state index is 0.0266. The minimum atomic E-state index is -4.43. The molecule has 1 N–H and O–H groups in total. The number of nitro groups is 1. The van der Waals surface area contributed by atoms with Gasteiger partial charge in [-0.1, -0.05) is 68.4 Å². The molecule has 3 aliphatic heterocycles. The number of nitrogens with zero attached hydrogens (tertiary/aromatic N) is 1. The maximum absolute atomic E-state index is 13.3. The molecule has 3 heterocycles. The van der Waals surface area contributed by atoms with E-state index in [1.807, 2.05) is 34.6 Å². The number of rotatable bonds is 16. The van der Waals surface area contributed by atoms with E-state index in [1.165, 1.54) is 20.8 Å². The molecule has 0 amide bonds. The van der Waals surface area contributed by atoms with Crippen molar-refractivity contribution in [2.24, 2.45) is 53.3 Å². The molecule has 19 unspecified atom stereocenters. The molecular formula is C46H70N2O16S. The van der Waals surface area contributed by atoms with Gasteiger partial charge in [0, 0.05) is 62.7 Å². The number of carbonyl (C=O) groups is 3. The molecule has 0 radical (unpaired) electrons. The molecule has 3 fully saturated rings. The number of ether oxygens (including phenoxy) is 8. The molecule has 19 atom stereocenters. The molecule has 1 aromatic rings. The van der Waals surface area contributed by atoms with E-state index in [2.05, 4.69) is 46.0 Å². The SMILES string of the molecule is CC(=O)OCC1=CC(NC2C(C)OC(OC3C(COC(C)=O)OC(OC4C(COS(=O)(=O)c5ccc([N+](=O)[O-])cc5)OC(OC(C)=O)C(C)C4C)C(C)C3C)C(C)C2C)C(C)C(C)C1C. The van der Waals surface area contributed by atoms with Crippen molar-refractivity contribution in [1.82, 2.24) is 5.32 Å². The highest BCUT2D eigenvalue weighted by molar-refractivity contribution is 7.86. The Balaban J connectivity index is 1.33. The van der Waals surface area contributed by atoms with E-state index >= 15 is 0 Å². The van der Waals surface area contributed by atoms with Crippen molar-refractivity contribution in [3.05, 3.63) is 46.0 Å². The first-order chi connectivity index (χ1) is 30.4. The first-order valence-electron chi connectivity index (χ1n) is 22.7. The zero-order valence-electron chi connectivity index (χ0n) is 39.9. The van der Waals surface area contributed by atoms with Crippen LogP contribution in [-0.2, 0) is 66.6 Å². The highest BCUT2D eigenvalue weighted by atomic mass is 32.2. The van der Waals surface area contributed by atoms with E-state index in [9.17, 15) is 32.9 Å². The predicted octanol–water partition coefficient (Wildman–Crippen LogP) is 5.95. The van der Waals surface area contributed by atoms with E-state index in [0.29, 0.717) is 11.8 Å². The molecular weight excluding hydrogens is 869 g/mol. The average Bonchev–Trinajstić information content (AvgIpc) is 3.24. The van der Waals surface area contributed by atoms with Gasteiger partial charge in [0.2, 0.25) is 6.29 Å². The van der Waals surface area contributed by atoms with E-state index in [-0.39, 0.29) is 77.5 Å². The Morgan fingerprint density at radius 2 is 1.18 bits per heavy atom. The van der Waals surface area contributed by atoms with Crippen LogP contribution in [0, 0.1) is 63.4 Å². The number of carbonyl (C=O) groups excluding carboxylic acids is 3. The van der Waals surface area contributed by atoms with Crippen molar-refractivity contribution in [2.45, 2.75) is 156 Å². The third kappa shape index (κ3) is 12.5. The van der Waals surface area contributed by atoms with Crippen LogP contribution in [0.2, 0.25) is 0 Å². The fraction of sp³-hybridized carbons (Fsp3) is 0.761. The summed E-state index contributed by atoms with van der Waals surface area (Å²) < 4.78 is 81.6. The molecule has 0 aromatic heterocycles. The Bertz CT molecular complexity index is 1960. The monoisotopic (exact) mass is 938 g/mol. The second kappa shape index (κ2) is 22.0. The highest BCUT2D eigenvalue weighted by Gasteiger charge is 2.51. The Morgan fingerprint density at radius 1 is 0.662 bits per heavy atom. The molecule has 1 aliphatic carbocycles. The summed E-state index contributed by atoms with van der Waals surface area (Å²) in [5.74, 6) is -1.84. The Hall–Kier alpha value is -3.56. The molecule has 0 bridgehead atoms. The van der Waals surface area contributed by atoms with Gasteiger partial charge in [0.05, 0.1) is 34.7 Å². The molecule has 18 nitrogen and oxygen atoms in total. The molecule has 0 spiro atoms. The number of benzene rings is 1. The van der Waals surface area contributed by atoms with Crippen LogP contribution < -0.4 is 5.32 Å². The van der Waals surface area contributed by atoms with Crippen molar-refractivity contribution in [3.63, 3.8) is 0 Å². The van der Waals surface area contributed by atoms with E-state index in [1.54, 1.807) is 0 Å². The number of hydrogen-bond donors (Lipinski definition) is 1. The first-order valence-corrected chi connectivity index (χ1v) is 24.1. The van der Waals surface area contributed by atoms with Gasteiger partial charge in [0.1, 0.15) is 25.4 Å². The van der Waals surface area contributed by atoms with Gasteiger partial charge in [-0.25, -0.2) is 0 Å². The average molecular weight is 939 g/mol. The van der Waals surface area contributed by atoms with Crippen molar-refractivity contribution in [3.8, 4) is 0 Å². The molecule has 5 rings (SSSR count). The standard InChI is InChI=1S/C46H70N2O16S/c1-22-23(2)35(19-56-32(11)49)18-38(24(22)3)47-41-25(4)28(7)44(59-31(41)10)63-42-27(6)30(9)46(61-39(42)20-57-33(12)50)64-43-26(5)29(8)45(60-34(13)51)62-40(43)21-58-65(54,55)37-16-14-36(15-17-37)48(52)53/h14-18,22-31,38-47H,19-21H2,1-13H3. The topological polar surface area (TPSA) is 224 Å². The van der Waals surface area contributed by atoms with Crippen LogP contribution in [-0.4, -0.2) is 113 Å². The predicted molar refractivity (Wildman–Crippen MR) is 234 cm³/mol. The van der Waals surface area contributed by atoms with Crippen LogP contribution >= 0.6 is 0 Å². The summed E-state index contributed by atoms with van der Waals surface area (Å²) in [6.45, 7) is 24.1. The Kier molecular flexibility index (Phi) is 17.8. The Morgan fingerprint density at radius 3 is 1.74 bits per heavy atom. The van der Waals surface area contributed by atoms with Gasteiger partial charge in [0.25, 0.3) is 15.8 Å². The van der Waals surface area contributed by atoms with E-state index in [4.69, 9.17) is 42.1 Å². The maximum Gasteiger partial charge on any atom is 0.304 e. The number of non-ortho nitro benzene ring substituents is 1. The molecule has 3 saturated heterocycles. The summed E-state index contributed by atoms with van der Waals surface area (Å²) in [6, 6.07) is 4.28. The van der Waals surface area contributed by atoms with Gasteiger partial charge in [0.15, 0.2) is 12.6 Å². The van der Waals surface area contributed by atoms with Gasteiger partial charge in [-0.05, 0) is 60.1 Å². The van der Waals surface area contributed by atoms with E-state index in [0.717, 1.165) is 29.8 Å². The van der Waals surface area contributed by atoms with Gasteiger partial charge >= 0.3 is 17.9 Å². The van der Waals surface area contributed by atoms with Crippen LogP contribution in [0.3, 0.4) is 0 Å². The normalized spacial score (nSPS) is 38.8. The summed E-state index contributed by atoms with van der Waals surface area (Å²) in [7, 11) is -4.43. The van der Waals surface area contributed by atoms with Gasteiger partial charge in [-0.3, -0.25) is 28.7 Å². The first kappa shape index (κ1) is 52.4. The van der Waals surface area contributed by atoms with Gasteiger partial charge in [-0.15, -0.1) is 0 Å². The van der Waals surface area contributed by atoms with Crippen molar-refractivity contribution in [1.29, 1.82) is 0 Å². The summed E-state index contributed by atoms with van der Waals surface area (Å²) >= 11 is 0. The quantitative estimate of drug-likeness (QED) is 0.0505. The smallest absolute Gasteiger partial charge is 0.304 e. The third-order valence-corrected chi connectivity index (χ3v) is 15.9. The third-order valence-electron chi connectivity index (χ3n) is 14.6. The molecule has 0 saturated carbocycles. The largest absolute Gasteiger partial charge is 0.463 e. The molecule has 4 aliphatic rings. The summed E-state index contributed by atoms with van der Waals surface area (Å²) in [6.07, 6.45) is -4.01. The lowest BCUT2D eigenvalue weighted by atomic mass is 9.71. The zero-order chi connectivity index (χ0) is 48.2. The fourth-order valence-corrected chi connectivity index (χ4v) is 10.4. The number of nitrogens with one attached hydrogen (secondary N) is 1. The van der Waals surface area contributed by atoms with E-state index < -0.39 is 88.7 Å². The zero-order valence-corrected chi connectivity index (χ0v) is 40.7. The van der Waals surface area contributed by atoms with Crippen LogP contribution in [0.5, 0.6) is 0 Å². The maximum atomic E-state index is 13.3. The number of hydrogen-bond acceptors (Lipinski definition) is 17. The van der Waals surface area contributed by atoms with Crippen LogP contribution in [0.4, 0.5) is 5.69 Å². The lowest BCUT2D eigenvalue weighted by molar-refractivity contribution is -0.384. The van der Waals surface area contributed by atoms with Crippen molar-refractivity contribution in [2.75, 3.05) is 19.8 Å². The molecule has 65 heavy (non-hydrogen) atoms. The fourth-order valence-electron chi connectivity index (χ4n) is 9.44. The van der Waals surface area contributed by atoms with Crippen molar-refractivity contribution < 1.29 is 69.8 Å². The molecule has 366 valence electrons. The van der Waals surface area contributed by atoms with Crippen LogP contribution in [0.15, 0.2) is 40.8 Å². The second-order valence-electron chi connectivity index (χ2n) is 18.8. The number of esters is 3. The minimum Gasteiger partial charge on any atom is -0.463 e. The summed E-state index contributed by atoms with van der Waals surface area (Å²) in [4.78, 5) is 46.1. The van der Waals surface area contributed by atoms with Crippen molar-refractivity contribution >= 4 is 33.7 Å². The summed E-state index contributed by atoms with van der Waals surface area (Å²) in [5, 5.41) is 15.0. The Labute approximate surface area is 383 Å². The second-order valence-corrected chi connectivity index (χ2v) is 20.4. The van der Waals surface area contributed by atoms with Gasteiger partial charge in [-0.2, -0.15) is 8.42 Å². The van der Waals surface area contributed by atoms with Crippen LogP contribution in [0.1, 0.15) is 90.0 Å². The van der Waals surface area contributed by atoms with Crippen LogP contribution in [0.25, 0.3) is 0 Å². The lowest BCUT2D eigenvalue weighted by Crippen LogP contribution is -2.61. The lowest BCUT2D eigenvalue weighted by Gasteiger charge is -2.51. The summed E-state index contributed by atoms with van der Waals surface area (Å²) in [5.41, 5.74) is 0.807. The number of nitro benzene ring substituents is 1.